The normalized spacial score (nSPS) is 13.7. The third-order valence-electron chi connectivity index (χ3n) is 6.33. The third kappa shape index (κ3) is 2.81. The molecule has 0 atom stereocenters. The molecular formula is C27H20Br2O2. The van der Waals surface area contributed by atoms with E-state index >= 15 is 0 Å². The molecule has 2 N–H and O–H groups in total. The monoisotopic (exact) mass is 534 g/mol. The molecule has 154 valence electrons. The number of aromatic hydroxyl groups is 2. The highest BCUT2D eigenvalue weighted by atomic mass is 79.9. The Morgan fingerprint density at radius 2 is 1.00 bits per heavy atom. The van der Waals surface area contributed by atoms with Crippen LogP contribution in [0.1, 0.15) is 33.4 Å². The summed E-state index contributed by atoms with van der Waals surface area (Å²) in [4.78, 5) is 0. The summed E-state index contributed by atoms with van der Waals surface area (Å²) in [5, 5.41) is 20.9. The fourth-order valence-corrected chi connectivity index (χ4v) is 6.05. The van der Waals surface area contributed by atoms with Crippen molar-refractivity contribution in [2.45, 2.75) is 19.3 Å². The lowest BCUT2D eigenvalue weighted by Gasteiger charge is -2.35. The van der Waals surface area contributed by atoms with Gasteiger partial charge in [-0.3, -0.25) is 0 Å². The first-order chi connectivity index (χ1) is 14.9. The molecule has 0 fully saturated rings. The van der Waals surface area contributed by atoms with Crippen LogP contribution in [0.25, 0.3) is 11.1 Å². The number of aryl methyl sites for hydroxylation is 2. The minimum Gasteiger partial charge on any atom is -0.506 e. The summed E-state index contributed by atoms with van der Waals surface area (Å²) in [5.74, 6) is 0.503. The second-order valence-corrected chi connectivity index (χ2v) is 9.80. The number of hydrogen-bond donors (Lipinski definition) is 2. The van der Waals surface area contributed by atoms with Gasteiger partial charge in [0.25, 0.3) is 0 Å². The van der Waals surface area contributed by atoms with Gasteiger partial charge in [0.1, 0.15) is 11.5 Å². The van der Waals surface area contributed by atoms with E-state index in [2.05, 4.69) is 92.5 Å². The van der Waals surface area contributed by atoms with Crippen LogP contribution in [0.5, 0.6) is 11.5 Å². The zero-order chi connectivity index (χ0) is 21.9. The van der Waals surface area contributed by atoms with Crippen LogP contribution in [0.4, 0.5) is 0 Å². The van der Waals surface area contributed by atoms with Crippen molar-refractivity contribution in [2.75, 3.05) is 0 Å². The van der Waals surface area contributed by atoms with Crippen LogP contribution in [-0.2, 0) is 5.41 Å². The van der Waals surface area contributed by atoms with Crippen molar-refractivity contribution in [2.24, 2.45) is 0 Å². The lowest BCUT2D eigenvalue weighted by atomic mass is 9.67. The van der Waals surface area contributed by atoms with Gasteiger partial charge < -0.3 is 10.2 Å². The maximum Gasteiger partial charge on any atom is 0.132 e. The Hall–Kier alpha value is -2.56. The Kier molecular flexibility index (Phi) is 4.76. The molecule has 4 aromatic carbocycles. The first kappa shape index (κ1) is 20.3. The van der Waals surface area contributed by atoms with E-state index in [-0.39, 0.29) is 11.5 Å². The minimum absolute atomic E-state index is 0.251. The van der Waals surface area contributed by atoms with Crippen molar-refractivity contribution in [1.82, 2.24) is 0 Å². The van der Waals surface area contributed by atoms with Crippen molar-refractivity contribution in [3.63, 3.8) is 0 Å². The van der Waals surface area contributed by atoms with Gasteiger partial charge in [0.05, 0.1) is 14.4 Å². The summed E-state index contributed by atoms with van der Waals surface area (Å²) in [5.41, 5.74) is 7.90. The van der Waals surface area contributed by atoms with Gasteiger partial charge in [-0.25, -0.2) is 0 Å². The van der Waals surface area contributed by atoms with Crippen LogP contribution in [0, 0.1) is 13.8 Å². The first-order valence-corrected chi connectivity index (χ1v) is 11.6. The number of phenols is 2. The molecule has 4 heteroatoms. The summed E-state index contributed by atoms with van der Waals surface area (Å²) >= 11 is 7.12. The Balaban J connectivity index is 2.00. The Morgan fingerprint density at radius 1 is 0.613 bits per heavy atom. The molecule has 0 radical (unpaired) electrons. The van der Waals surface area contributed by atoms with Crippen LogP contribution in [0.3, 0.4) is 0 Å². The van der Waals surface area contributed by atoms with E-state index in [1.54, 1.807) is 0 Å². The predicted octanol–water partition coefficient (Wildman–Crippen LogP) is 7.60. The average Bonchev–Trinajstić information content (AvgIpc) is 3.06. The minimum atomic E-state index is -0.588. The largest absolute Gasteiger partial charge is 0.506 e. The first-order valence-electron chi connectivity index (χ1n) is 10.0. The molecule has 0 saturated heterocycles. The second-order valence-electron chi connectivity index (χ2n) is 8.09. The summed E-state index contributed by atoms with van der Waals surface area (Å²) in [6, 6.07) is 25.1. The number of fused-ring (bicyclic) bond motifs is 3. The molecule has 0 aromatic heterocycles. The zero-order valence-electron chi connectivity index (χ0n) is 17.1. The zero-order valence-corrected chi connectivity index (χ0v) is 20.3. The Labute approximate surface area is 198 Å². The van der Waals surface area contributed by atoms with Crippen LogP contribution in [-0.4, -0.2) is 10.2 Å². The van der Waals surface area contributed by atoms with Crippen molar-refractivity contribution in [3.8, 4) is 22.6 Å². The van der Waals surface area contributed by atoms with Gasteiger partial charge >= 0.3 is 0 Å². The fourth-order valence-electron chi connectivity index (χ4n) is 4.93. The van der Waals surface area contributed by atoms with Crippen molar-refractivity contribution >= 4 is 31.9 Å². The quantitative estimate of drug-likeness (QED) is 0.244. The van der Waals surface area contributed by atoms with E-state index in [0.717, 1.165) is 22.3 Å². The predicted molar refractivity (Wildman–Crippen MR) is 132 cm³/mol. The van der Waals surface area contributed by atoms with E-state index in [9.17, 15) is 10.2 Å². The van der Waals surface area contributed by atoms with Gasteiger partial charge in [-0.05, 0) is 102 Å². The highest BCUT2D eigenvalue weighted by Crippen LogP contribution is 2.57. The van der Waals surface area contributed by atoms with E-state index in [1.165, 1.54) is 22.3 Å². The van der Waals surface area contributed by atoms with Crippen molar-refractivity contribution in [3.05, 3.63) is 115 Å². The molecule has 0 amide bonds. The maximum absolute atomic E-state index is 10.5. The SMILES string of the molecule is Cc1cc(C2(c3cc(C)c(O)c(Br)c3)c3ccccc3-c3ccccc32)cc(Br)c1O. The van der Waals surface area contributed by atoms with Crippen molar-refractivity contribution in [1.29, 1.82) is 0 Å². The van der Waals surface area contributed by atoms with E-state index < -0.39 is 5.41 Å². The van der Waals surface area contributed by atoms with Gasteiger partial charge in [-0.1, -0.05) is 60.7 Å². The number of phenolic OH excluding ortho intramolecular Hbond substituents is 2. The standard InChI is InChI=1S/C27H20Br2O2/c1-15-11-17(13-23(28)25(15)30)27(18-12-16(2)26(31)24(29)14-18)21-9-5-3-7-19(21)20-8-4-6-10-22(20)27/h3-14,30-31H,1-2H3. The van der Waals surface area contributed by atoms with E-state index in [0.29, 0.717) is 8.95 Å². The lowest BCUT2D eigenvalue weighted by molar-refractivity contribution is 0.466. The molecule has 0 unspecified atom stereocenters. The van der Waals surface area contributed by atoms with Gasteiger partial charge in [0.2, 0.25) is 0 Å². The van der Waals surface area contributed by atoms with Crippen LogP contribution in [0.2, 0.25) is 0 Å². The summed E-state index contributed by atoms with van der Waals surface area (Å²) in [6.07, 6.45) is 0. The number of halogens is 2. The Bertz CT molecular complexity index is 1210. The molecule has 0 saturated carbocycles. The maximum atomic E-state index is 10.5. The van der Waals surface area contributed by atoms with Gasteiger partial charge in [0.15, 0.2) is 0 Å². The topological polar surface area (TPSA) is 40.5 Å². The summed E-state index contributed by atoms with van der Waals surface area (Å²) in [6.45, 7) is 3.84. The molecule has 0 spiro atoms. The smallest absolute Gasteiger partial charge is 0.132 e. The van der Waals surface area contributed by atoms with Gasteiger partial charge in [-0.2, -0.15) is 0 Å². The second kappa shape index (κ2) is 7.25. The Morgan fingerprint density at radius 3 is 1.39 bits per heavy atom. The van der Waals surface area contributed by atoms with Crippen LogP contribution >= 0.6 is 31.9 Å². The molecule has 0 bridgehead atoms. The van der Waals surface area contributed by atoms with Crippen LogP contribution in [0.15, 0.2) is 81.7 Å². The van der Waals surface area contributed by atoms with Gasteiger partial charge in [0, 0.05) is 0 Å². The number of rotatable bonds is 2. The third-order valence-corrected chi connectivity index (χ3v) is 7.54. The lowest BCUT2D eigenvalue weighted by Crippen LogP contribution is -2.29. The number of benzene rings is 4. The van der Waals surface area contributed by atoms with Crippen molar-refractivity contribution < 1.29 is 10.2 Å². The van der Waals surface area contributed by atoms with Crippen LogP contribution < -0.4 is 0 Å². The molecule has 0 heterocycles. The molecule has 31 heavy (non-hydrogen) atoms. The summed E-state index contributed by atoms with van der Waals surface area (Å²) < 4.78 is 1.33. The molecule has 1 aliphatic rings. The molecule has 4 aromatic rings. The van der Waals surface area contributed by atoms with E-state index in [1.807, 2.05) is 26.0 Å². The highest BCUT2D eigenvalue weighted by Gasteiger charge is 2.46. The highest BCUT2D eigenvalue weighted by molar-refractivity contribution is 9.10. The number of hydrogen-bond acceptors (Lipinski definition) is 2. The molecule has 5 rings (SSSR count). The van der Waals surface area contributed by atoms with E-state index in [4.69, 9.17) is 0 Å². The molecule has 0 aliphatic heterocycles. The molecular weight excluding hydrogens is 516 g/mol. The van der Waals surface area contributed by atoms with Gasteiger partial charge in [-0.15, -0.1) is 0 Å². The summed E-state index contributed by atoms with van der Waals surface area (Å²) in [7, 11) is 0. The fraction of sp³-hybridized carbons (Fsp3) is 0.111. The molecule has 1 aliphatic carbocycles. The molecule has 2 nitrogen and oxygen atoms in total. The average molecular weight is 536 g/mol.